The third-order valence-corrected chi connectivity index (χ3v) is 2.92. The number of hydrogen-bond acceptors (Lipinski definition) is 7. The van der Waals surface area contributed by atoms with Crippen LogP contribution >= 0.6 is 0 Å². The predicted molar refractivity (Wildman–Crippen MR) is 83.5 cm³/mol. The minimum Gasteiger partial charge on any atom is -0.383 e. The van der Waals surface area contributed by atoms with E-state index in [-0.39, 0.29) is 17.3 Å². The van der Waals surface area contributed by atoms with Gasteiger partial charge in [-0.1, -0.05) is 17.7 Å². The lowest BCUT2D eigenvalue weighted by Crippen LogP contribution is -2.12. The Kier molecular flexibility index (Phi) is 5.21. The van der Waals surface area contributed by atoms with E-state index in [1.807, 2.05) is 31.2 Å². The molecule has 0 aliphatic rings. The second kappa shape index (κ2) is 7.32. The summed E-state index contributed by atoms with van der Waals surface area (Å²) in [7, 11) is 1.56. The van der Waals surface area contributed by atoms with Crippen molar-refractivity contribution < 1.29 is 9.66 Å². The van der Waals surface area contributed by atoms with E-state index >= 15 is 0 Å². The topological polar surface area (TPSA) is 102 Å². The fraction of sp³-hybridized carbons (Fsp3) is 0.286. The SMILES string of the molecule is COCCNc1ncnc(Nc2ccc(C)cc2)c1[N+](=O)[O-]. The number of aromatic nitrogens is 2. The highest BCUT2D eigenvalue weighted by Gasteiger charge is 2.22. The van der Waals surface area contributed by atoms with Crippen LogP contribution in [0.2, 0.25) is 0 Å². The molecule has 1 heterocycles. The van der Waals surface area contributed by atoms with Crippen molar-refractivity contribution >= 4 is 23.0 Å². The van der Waals surface area contributed by atoms with Crippen LogP contribution in [0.5, 0.6) is 0 Å². The Hall–Kier alpha value is -2.74. The van der Waals surface area contributed by atoms with E-state index in [9.17, 15) is 10.1 Å². The van der Waals surface area contributed by atoms with Gasteiger partial charge in [0.2, 0.25) is 11.6 Å². The molecule has 0 fully saturated rings. The van der Waals surface area contributed by atoms with Gasteiger partial charge in [-0.15, -0.1) is 0 Å². The molecule has 2 N–H and O–H groups in total. The number of nitrogens with zero attached hydrogens (tertiary/aromatic N) is 3. The molecule has 0 spiro atoms. The van der Waals surface area contributed by atoms with Gasteiger partial charge in [-0.3, -0.25) is 10.1 Å². The summed E-state index contributed by atoms with van der Waals surface area (Å²) in [4.78, 5) is 18.7. The maximum Gasteiger partial charge on any atom is 0.353 e. The molecule has 0 saturated heterocycles. The van der Waals surface area contributed by atoms with E-state index in [4.69, 9.17) is 4.74 Å². The van der Waals surface area contributed by atoms with Crippen LogP contribution in [0.4, 0.5) is 23.0 Å². The molecule has 2 aromatic rings. The van der Waals surface area contributed by atoms with Crippen LogP contribution in [-0.4, -0.2) is 35.2 Å². The van der Waals surface area contributed by atoms with Crippen LogP contribution in [0.25, 0.3) is 0 Å². The fourth-order valence-corrected chi connectivity index (χ4v) is 1.82. The summed E-state index contributed by atoms with van der Waals surface area (Å²) in [6.45, 7) is 2.80. The summed E-state index contributed by atoms with van der Waals surface area (Å²) in [5, 5.41) is 17.2. The zero-order valence-electron chi connectivity index (χ0n) is 12.4. The number of rotatable bonds is 7. The lowest BCUT2D eigenvalue weighted by atomic mass is 10.2. The Bertz CT molecular complexity index is 645. The van der Waals surface area contributed by atoms with Crippen molar-refractivity contribution in [1.29, 1.82) is 0 Å². The number of aryl methyl sites for hydroxylation is 1. The van der Waals surface area contributed by atoms with Gasteiger partial charge in [0.15, 0.2) is 0 Å². The second-order valence-corrected chi connectivity index (χ2v) is 4.59. The number of benzene rings is 1. The van der Waals surface area contributed by atoms with E-state index < -0.39 is 4.92 Å². The van der Waals surface area contributed by atoms with E-state index in [0.29, 0.717) is 13.2 Å². The van der Waals surface area contributed by atoms with Crippen LogP contribution in [0.15, 0.2) is 30.6 Å². The Balaban J connectivity index is 2.27. The van der Waals surface area contributed by atoms with Gasteiger partial charge in [0.1, 0.15) is 6.33 Å². The Labute approximate surface area is 127 Å². The van der Waals surface area contributed by atoms with Gasteiger partial charge in [0, 0.05) is 19.3 Å². The monoisotopic (exact) mass is 303 g/mol. The number of nitrogens with one attached hydrogen (secondary N) is 2. The van der Waals surface area contributed by atoms with Crippen molar-refractivity contribution in [3.63, 3.8) is 0 Å². The zero-order valence-corrected chi connectivity index (χ0v) is 12.4. The van der Waals surface area contributed by atoms with Crippen LogP contribution in [0, 0.1) is 17.0 Å². The maximum absolute atomic E-state index is 11.3. The maximum atomic E-state index is 11.3. The van der Waals surface area contributed by atoms with Crippen molar-refractivity contribution in [3.05, 3.63) is 46.3 Å². The molecule has 22 heavy (non-hydrogen) atoms. The van der Waals surface area contributed by atoms with Crippen LogP contribution in [0.3, 0.4) is 0 Å². The van der Waals surface area contributed by atoms with Gasteiger partial charge in [-0.2, -0.15) is 0 Å². The molecule has 1 aromatic carbocycles. The summed E-state index contributed by atoms with van der Waals surface area (Å²) in [5.41, 5.74) is 1.62. The Morgan fingerprint density at radius 1 is 1.23 bits per heavy atom. The third kappa shape index (κ3) is 3.89. The minimum atomic E-state index is -0.508. The van der Waals surface area contributed by atoms with E-state index in [1.54, 1.807) is 7.11 Å². The quantitative estimate of drug-likeness (QED) is 0.460. The van der Waals surface area contributed by atoms with Crippen molar-refractivity contribution in [2.24, 2.45) is 0 Å². The second-order valence-electron chi connectivity index (χ2n) is 4.59. The molecular weight excluding hydrogens is 286 g/mol. The van der Waals surface area contributed by atoms with Crippen molar-refractivity contribution in [2.75, 3.05) is 30.9 Å². The van der Waals surface area contributed by atoms with Gasteiger partial charge >= 0.3 is 5.69 Å². The van der Waals surface area contributed by atoms with Crippen LogP contribution in [-0.2, 0) is 4.74 Å². The molecule has 0 unspecified atom stereocenters. The van der Waals surface area contributed by atoms with E-state index in [2.05, 4.69) is 20.6 Å². The highest BCUT2D eigenvalue weighted by molar-refractivity contribution is 5.73. The fourth-order valence-electron chi connectivity index (χ4n) is 1.82. The highest BCUT2D eigenvalue weighted by atomic mass is 16.6. The largest absolute Gasteiger partial charge is 0.383 e. The number of nitro groups is 1. The number of anilines is 3. The summed E-state index contributed by atoms with van der Waals surface area (Å²) in [5.74, 6) is 0.301. The first-order valence-electron chi connectivity index (χ1n) is 6.67. The molecule has 0 atom stereocenters. The molecular formula is C14H17N5O3. The zero-order chi connectivity index (χ0) is 15.9. The molecule has 116 valence electrons. The minimum absolute atomic E-state index is 0.142. The molecule has 0 radical (unpaired) electrons. The molecule has 0 amide bonds. The first-order valence-corrected chi connectivity index (χ1v) is 6.67. The molecule has 0 aliphatic carbocycles. The number of ether oxygens (including phenoxy) is 1. The predicted octanol–water partition coefficient (Wildman–Crippen LogP) is 2.50. The van der Waals surface area contributed by atoms with Crippen LogP contribution < -0.4 is 10.6 Å². The van der Waals surface area contributed by atoms with Gasteiger partial charge in [-0.05, 0) is 19.1 Å². The van der Waals surface area contributed by atoms with Crippen molar-refractivity contribution in [1.82, 2.24) is 9.97 Å². The van der Waals surface area contributed by atoms with E-state index in [1.165, 1.54) is 6.33 Å². The summed E-state index contributed by atoms with van der Waals surface area (Å²) in [6, 6.07) is 7.48. The summed E-state index contributed by atoms with van der Waals surface area (Å²) < 4.78 is 4.91. The average molecular weight is 303 g/mol. The van der Waals surface area contributed by atoms with Gasteiger partial charge in [0.25, 0.3) is 0 Å². The standard InChI is InChI=1S/C14H17N5O3/c1-10-3-5-11(6-4-10)18-14-12(19(20)21)13(16-9-17-14)15-7-8-22-2/h3-6,9H,7-8H2,1-2H3,(H2,15,16,17,18). The molecule has 8 heteroatoms. The van der Waals surface area contributed by atoms with Crippen LogP contribution in [0.1, 0.15) is 5.56 Å². The van der Waals surface area contributed by atoms with E-state index in [0.717, 1.165) is 11.3 Å². The number of hydrogen-bond donors (Lipinski definition) is 2. The average Bonchev–Trinajstić information content (AvgIpc) is 2.50. The Morgan fingerprint density at radius 2 is 1.91 bits per heavy atom. The molecule has 0 saturated carbocycles. The molecule has 1 aromatic heterocycles. The number of methoxy groups -OCH3 is 1. The first-order chi connectivity index (χ1) is 10.6. The van der Waals surface area contributed by atoms with Crippen molar-refractivity contribution in [2.45, 2.75) is 6.92 Å². The van der Waals surface area contributed by atoms with Gasteiger partial charge in [0.05, 0.1) is 11.5 Å². The third-order valence-electron chi connectivity index (χ3n) is 2.92. The lowest BCUT2D eigenvalue weighted by molar-refractivity contribution is -0.383. The lowest BCUT2D eigenvalue weighted by Gasteiger charge is -2.10. The normalized spacial score (nSPS) is 10.3. The Morgan fingerprint density at radius 3 is 2.55 bits per heavy atom. The molecule has 2 rings (SSSR count). The van der Waals surface area contributed by atoms with Crippen molar-refractivity contribution in [3.8, 4) is 0 Å². The smallest absolute Gasteiger partial charge is 0.353 e. The first kappa shape index (κ1) is 15.6. The molecule has 8 nitrogen and oxygen atoms in total. The molecule has 0 aliphatic heterocycles. The molecule has 0 bridgehead atoms. The van der Waals surface area contributed by atoms with Gasteiger partial charge < -0.3 is 15.4 Å². The summed E-state index contributed by atoms with van der Waals surface area (Å²) >= 11 is 0. The highest BCUT2D eigenvalue weighted by Crippen LogP contribution is 2.30. The summed E-state index contributed by atoms with van der Waals surface area (Å²) in [6.07, 6.45) is 1.28. The van der Waals surface area contributed by atoms with Gasteiger partial charge in [-0.25, -0.2) is 9.97 Å².